The smallest absolute Gasteiger partial charge is 0.340 e. The summed E-state index contributed by atoms with van der Waals surface area (Å²) < 4.78 is 10.5. The summed E-state index contributed by atoms with van der Waals surface area (Å²) in [7, 11) is 0. The summed E-state index contributed by atoms with van der Waals surface area (Å²) in [6, 6.07) is 0. The molecule has 0 fully saturated rings. The number of rotatable bonds is 7. The highest BCUT2D eigenvalue weighted by atomic mass is 16.7. The molecular formula is C18H24O3. The van der Waals surface area contributed by atoms with Gasteiger partial charge < -0.3 is 9.47 Å². The fraction of sp³-hybridized carbons (Fsp3) is 0.500. The number of ether oxygens (including phenoxy) is 2. The molecule has 0 unspecified atom stereocenters. The van der Waals surface area contributed by atoms with Gasteiger partial charge in [0, 0.05) is 0 Å². The largest absolute Gasteiger partial charge is 0.435 e. The number of carbonyl (C=O) groups is 1. The van der Waals surface area contributed by atoms with Gasteiger partial charge in [0.1, 0.15) is 0 Å². The van der Waals surface area contributed by atoms with Crippen molar-refractivity contribution < 1.29 is 14.3 Å². The van der Waals surface area contributed by atoms with Crippen LogP contribution in [-0.2, 0) is 14.3 Å². The zero-order valence-corrected chi connectivity index (χ0v) is 12.8. The third-order valence-electron chi connectivity index (χ3n) is 3.63. The summed E-state index contributed by atoms with van der Waals surface area (Å²) in [5, 5.41) is 0. The van der Waals surface area contributed by atoms with Crippen molar-refractivity contribution in [3.05, 3.63) is 47.1 Å². The molecule has 0 aromatic rings. The number of hydrogen-bond donors (Lipinski definition) is 0. The van der Waals surface area contributed by atoms with E-state index in [4.69, 9.17) is 9.47 Å². The highest BCUT2D eigenvalue weighted by molar-refractivity contribution is 5.94. The van der Waals surface area contributed by atoms with Crippen LogP contribution in [0.3, 0.4) is 0 Å². The fourth-order valence-electron chi connectivity index (χ4n) is 2.60. The second-order valence-corrected chi connectivity index (χ2v) is 5.71. The van der Waals surface area contributed by atoms with Crippen LogP contribution in [0.15, 0.2) is 47.1 Å². The van der Waals surface area contributed by atoms with E-state index >= 15 is 0 Å². The second-order valence-electron chi connectivity index (χ2n) is 5.71. The van der Waals surface area contributed by atoms with Crippen molar-refractivity contribution in [3.8, 4) is 0 Å². The number of esters is 1. The summed E-state index contributed by atoms with van der Waals surface area (Å²) >= 11 is 0. The molecule has 0 aromatic carbocycles. The molecule has 0 N–H and O–H groups in total. The average molecular weight is 288 g/mol. The van der Waals surface area contributed by atoms with Gasteiger partial charge in [-0.15, -0.1) is 0 Å². The fourth-order valence-corrected chi connectivity index (χ4v) is 2.60. The van der Waals surface area contributed by atoms with Crippen LogP contribution >= 0.6 is 0 Å². The Balaban J connectivity index is 1.97. The van der Waals surface area contributed by atoms with Gasteiger partial charge in [0.25, 0.3) is 0 Å². The molecule has 0 atom stereocenters. The van der Waals surface area contributed by atoms with Crippen LogP contribution in [0.2, 0.25) is 0 Å². The van der Waals surface area contributed by atoms with E-state index in [0.29, 0.717) is 12.2 Å². The molecule has 114 valence electrons. The normalized spacial score (nSPS) is 18.4. The molecule has 0 amide bonds. The minimum Gasteiger partial charge on any atom is -0.435 e. The Morgan fingerprint density at radius 3 is 2.67 bits per heavy atom. The van der Waals surface area contributed by atoms with E-state index in [0.717, 1.165) is 43.3 Å². The van der Waals surface area contributed by atoms with Crippen LogP contribution in [0, 0.1) is 0 Å². The predicted molar refractivity (Wildman–Crippen MR) is 83.7 cm³/mol. The van der Waals surface area contributed by atoms with E-state index in [-0.39, 0.29) is 12.8 Å². The molecule has 0 aromatic heterocycles. The molecule has 0 radical (unpaired) electrons. The first-order valence-electron chi connectivity index (χ1n) is 7.66. The molecular weight excluding hydrogens is 264 g/mol. The first-order valence-corrected chi connectivity index (χ1v) is 7.66. The maximum atomic E-state index is 12.3. The molecule has 0 saturated carbocycles. The summed E-state index contributed by atoms with van der Waals surface area (Å²) in [4.78, 5) is 12.3. The Morgan fingerprint density at radius 2 is 2.05 bits per heavy atom. The van der Waals surface area contributed by atoms with E-state index in [1.165, 1.54) is 12.0 Å². The minimum absolute atomic E-state index is 0.0185. The number of carbonyl (C=O) groups excluding carboxylic acids is 1. The van der Waals surface area contributed by atoms with E-state index in [9.17, 15) is 4.79 Å². The number of hydrogen-bond acceptors (Lipinski definition) is 3. The number of allylic oxidation sites excluding steroid dienone is 4. The van der Waals surface area contributed by atoms with E-state index < -0.39 is 0 Å². The minimum atomic E-state index is -0.280. The summed E-state index contributed by atoms with van der Waals surface area (Å²) in [6.45, 7) is 6.02. The van der Waals surface area contributed by atoms with Gasteiger partial charge in [-0.1, -0.05) is 29.9 Å². The molecule has 21 heavy (non-hydrogen) atoms. The average Bonchev–Trinajstić information content (AvgIpc) is 3.12. The molecule has 2 rings (SSSR count). The lowest BCUT2D eigenvalue weighted by atomic mass is 10.0. The van der Waals surface area contributed by atoms with Crippen LogP contribution in [0.1, 0.15) is 45.4 Å². The lowest BCUT2D eigenvalue weighted by Gasteiger charge is -2.10. The Labute approximate surface area is 127 Å². The molecule has 2 aliphatic carbocycles. The van der Waals surface area contributed by atoms with Gasteiger partial charge >= 0.3 is 5.97 Å². The quantitative estimate of drug-likeness (QED) is 0.231. The van der Waals surface area contributed by atoms with Crippen LogP contribution in [0.25, 0.3) is 0 Å². The van der Waals surface area contributed by atoms with Gasteiger partial charge in [-0.3, -0.25) is 0 Å². The SMILES string of the molecule is C=C(C)COCOC(=O)/C(=C\C1=CCCC1)C1=CCCC1. The van der Waals surface area contributed by atoms with Crippen molar-refractivity contribution >= 4 is 5.97 Å². The zero-order valence-electron chi connectivity index (χ0n) is 12.8. The molecule has 3 heteroatoms. The van der Waals surface area contributed by atoms with Crippen molar-refractivity contribution in [1.29, 1.82) is 0 Å². The topological polar surface area (TPSA) is 35.5 Å². The van der Waals surface area contributed by atoms with E-state index in [2.05, 4.69) is 18.7 Å². The molecule has 3 nitrogen and oxygen atoms in total. The van der Waals surface area contributed by atoms with Crippen LogP contribution in [0.4, 0.5) is 0 Å². The van der Waals surface area contributed by atoms with Gasteiger partial charge in [0.15, 0.2) is 6.79 Å². The van der Waals surface area contributed by atoms with E-state index in [1.54, 1.807) is 0 Å². The van der Waals surface area contributed by atoms with Gasteiger partial charge in [-0.2, -0.15) is 0 Å². The van der Waals surface area contributed by atoms with Crippen molar-refractivity contribution in [2.45, 2.75) is 45.4 Å². The van der Waals surface area contributed by atoms with Gasteiger partial charge in [0.05, 0.1) is 12.2 Å². The van der Waals surface area contributed by atoms with Gasteiger partial charge in [-0.05, 0) is 57.1 Å². The third kappa shape index (κ3) is 5.01. The van der Waals surface area contributed by atoms with Gasteiger partial charge in [0.2, 0.25) is 0 Å². The van der Waals surface area contributed by atoms with Crippen molar-refractivity contribution in [3.63, 3.8) is 0 Å². The highest BCUT2D eigenvalue weighted by Gasteiger charge is 2.19. The standard InChI is InChI=1S/C18H24O3/c1-14(2)12-20-13-21-18(19)17(16-9-5-6-10-16)11-15-7-3-4-8-15/h7,9,11H,1,3-6,8,10,12-13H2,2H3/b17-11-. The monoisotopic (exact) mass is 288 g/mol. The predicted octanol–water partition coefficient (Wildman–Crippen LogP) is 4.23. The zero-order chi connectivity index (χ0) is 15.1. The van der Waals surface area contributed by atoms with Crippen LogP contribution in [-0.4, -0.2) is 19.4 Å². The lowest BCUT2D eigenvalue weighted by Crippen LogP contribution is -2.13. The maximum Gasteiger partial charge on any atom is 0.340 e. The summed E-state index contributed by atoms with van der Waals surface area (Å²) in [5.74, 6) is -0.280. The Morgan fingerprint density at radius 1 is 1.29 bits per heavy atom. The molecule has 0 aliphatic heterocycles. The van der Waals surface area contributed by atoms with E-state index in [1.807, 2.05) is 13.0 Å². The van der Waals surface area contributed by atoms with Crippen LogP contribution < -0.4 is 0 Å². The molecule has 0 heterocycles. The lowest BCUT2D eigenvalue weighted by molar-refractivity contribution is -0.150. The Hall–Kier alpha value is -1.61. The molecule has 0 bridgehead atoms. The molecule has 0 spiro atoms. The van der Waals surface area contributed by atoms with Gasteiger partial charge in [-0.25, -0.2) is 4.79 Å². The first-order chi connectivity index (χ1) is 10.2. The summed E-state index contributed by atoms with van der Waals surface area (Å²) in [5.41, 5.74) is 3.99. The van der Waals surface area contributed by atoms with Crippen molar-refractivity contribution in [2.75, 3.05) is 13.4 Å². The van der Waals surface area contributed by atoms with Crippen molar-refractivity contribution in [1.82, 2.24) is 0 Å². The first kappa shape index (κ1) is 15.8. The molecule has 0 saturated heterocycles. The maximum absolute atomic E-state index is 12.3. The van der Waals surface area contributed by atoms with Crippen LogP contribution in [0.5, 0.6) is 0 Å². The Bertz CT molecular complexity index is 495. The Kier molecular flexibility index (Phi) is 6.00. The molecule has 2 aliphatic rings. The van der Waals surface area contributed by atoms with Crippen molar-refractivity contribution in [2.24, 2.45) is 0 Å². The summed E-state index contributed by atoms with van der Waals surface area (Å²) in [6.07, 6.45) is 12.8. The third-order valence-corrected chi connectivity index (χ3v) is 3.63. The highest BCUT2D eigenvalue weighted by Crippen LogP contribution is 2.29. The second kappa shape index (κ2) is 7.99.